The molecule has 0 spiro atoms. The summed E-state index contributed by atoms with van der Waals surface area (Å²) in [5.41, 5.74) is 6.14. The lowest BCUT2D eigenvalue weighted by Crippen LogP contribution is -2.53. The SMILES string of the molecule is CC1(N)CCCCC1C(=O)NCC(=O)Nc1ccc(F)cc1.Cl. The van der Waals surface area contributed by atoms with Gasteiger partial charge in [0.25, 0.3) is 0 Å². The molecule has 1 aromatic rings. The summed E-state index contributed by atoms with van der Waals surface area (Å²) >= 11 is 0. The van der Waals surface area contributed by atoms with Crippen molar-refractivity contribution in [3.05, 3.63) is 30.1 Å². The van der Waals surface area contributed by atoms with Crippen LogP contribution in [-0.2, 0) is 9.59 Å². The second-order valence-electron chi connectivity index (χ2n) is 6.08. The summed E-state index contributed by atoms with van der Waals surface area (Å²) < 4.78 is 12.8. The normalized spacial score (nSPS) is 23.5. The highest BCUT2D eigenvalue weighted by molar-refractivity contribution is 5.94. The van der Waals surface area contributed by atoms with E-state index in [4.69, 9.17) is 5.73 Å². The van der Waals surface area contributed by atoms with Gasteiger partial charge in [0, 0.05) is 11.2 Å². The number of hydrogen-bond donors (Lipinski definition) is 3. The van der Waals surface area contributed by atoms with Gasteiger partial charge in [-0.05, 0) is 44.0 Å². The van der Waals surface area contributed by atoms with E-state index < -0.39 is 5.54 Å². The van der Waals surface area contributed by atoms with Crippen LogP contribution in [0.5, 0.6) is 0 Å². The van der Waals surface area contributed by atoms with Crippen molar-refractivity contribution in [3.63, 3.8) is 0 Å². The zero-order valence-electron chi connectivity index (χ0n) is 13.1. The molecule has 2 atom stereocenters. The molecule has 1 aliphatic rings. The predicted molar refractivity (Wildman–Crippen MR) is 89.8 cm³/mol. The fourth-order valence-electron chi connectivity index (χ4n) is 2.82. The van der Waals surface area contributed by atoms with Crippen molar-refractivity contribution in [3.8, 4) is 0 Å². The smallest absolute Gasteiger partial charge is 0.243 e. The summed E-state index contributed by atoms with van der Waals surface area (Å²) in [5.74, 6) is -1.17. The van der Waals surface area contributed by atoms with Gasteiger partial charge >= 0.3 is 0 Å². The zero-order valence-corrected chi connectivity index (χ0v) is 13.9. The second-order valence-corrected chi connectivity index (χ2v) is 6.08. The van der Waals surface area contributed by atoms with Gasteiger partial charge in [0.15, 0.2) is 0 Å². The van der Waals surface area contributed by atoms with E-state index in [-0.39, 0.29) is 42.5 Å². The lowest BCUT2D eigenvalue weighted by atomic mass is 9.74. The van der Waals surface area contributed by atoms with Gasteiger partial charge in [-0.2, -0.15) is 0 Å². The van der Waals surface area contributed by atoms with E-state index in [9.17, 15) is 14.0 Å². The Morgan fingerprint density at radius 1 is 1.30 bits per heavy atom. The summed E-state index contributed by atoms with van der Waals surface area (Å²) in [7, 11) is 0. The quantitative estimate of drug-likeness (QED) is 0.783. The Morgan fingerprint density at radius 2 is 1.96 bits per heavy atom. The number of benzene rings is 1. The fraction of sp³-hybridized carbons (Fsp3) is 0.500. The lowest BCUT2D eigenvalue weighted by Gasteiger charge is -2.37. The first-order chi connectivity index (χ1) is 10.4. The number of amides is 2. The molecule has 128 valence electrons. The summed E-state index contributed by atoms with van der Waals surface area (Å²) in [6, 6.07) is 5.45. The standard InChI is InChI=1S/C16H22FN3O2.ClH/c1-16(18)9-3-2-4-13(16)15(22)19-10-14(21)20-12-7-5-11(17)6-8-12;/h5-8,13H,2-4,9-10,18H2,1H3,(H,19,22)(H,20,21);1H. The molecule has 5 nitrogen and oxygen atoms in total. The molecule has 1 fully saturated rings. The Kier molecular flexibility index (Phi) is 6.97. The Bertz CT molecular complexity index is 549. The molecule has 0 aliphatic heterocycles. The molecular formula is C16H23ClFN3O2. The van der Waals surface area contributed by atoms with Crippen LogP contribution in [0.2, 0.25) is 0 Å². The number of anilines is 1. The highest BCUT2D eigenvalue weighted by Crippen LogP contribution is 2.31. The van der Waals surface area contributed by atoms with Gasteiger partial charge in [-0.1, -0.05) is 12.8 Å². The van der Waals surface area contributed by atoms with Crippen molar-refractivity contribution in [2.24, 2.45) is 11.7 Å². The van der Waals surface area contributed by atoms with Crippen LogP contribution in [0.1, 0.15) is 32.6 Å². The fourth-order valence-corrected chi connectivity index (χ4v) is 2.82. The molecule has 1 aliphatic carbocycles. The lowest BCUT2D eigenvalue weighted by molar-refractivity contribution is -0.130. The van der Waals surface area contributed by atoms with E-state index in [1.807, 2.05) is 6.92 Å². The number of halogens is 2. The van der Waals surface area contributed by atoms with E-state index in [2.05, 4.69) is 10.6 Å². The number of nitrogens with two attached hydrogens (primary N) is 1. The number of nitrogens with one attached hydrogen (secondary N) is 2. The second kappa shape index (κ2) is 8.26. The minimum Gasteiger partial charge on any atom is -0.347 e. The van der Waals surface area contributed by atoms with Crippen molar-refractivity contribution in [2.75, 3.05) is 11.9 Å². The Hall–Kier alpha value is -1.66. The predicted octanol–water partition coefficient (Wildman–Crippen LogP) is 2.21. The van der Waals surface area contributed by atoms with Crippen molar-refractivity contribution >= 4 is 29.9 Å². The van der Waals surface area contributed by atoms with Crippen LogP contribution >= 0.6 is 12.4 Å². The number of rotatable bonds is 4. The van der Waals surface area contributed by atoms with Crippen molar-refractivity contribution in [1.82, 2.24) is 5.32 Å². The largest absolute Gasteiger partial charge is 0.347 e. The van der Waals surface area contributed by atoms with Gasteiger partial charge in [-0.25, -0.2) is 4.39 Å². The first-order valence-electron chi connectivity index (χ1n) is 7.50. The molecule has 2 unspecified atom stereocenters. The van der Waals surface area contributed by atoms with Crippen LogP contribution in [0.15, 0.2) is 24.3 Å². The topological polar surface area (TPSA) is 84.2 Å². The number of carbonyl (C=O) groups is 2. The average molecular weight is 344 g/mol. The minimum atomic E-state index is -0.518. The molecule has 2 rings (SSSR count). The van der Waals surface area contributed by atoms with Gasteiger partial charge < -0.3 is 16.4 Å². The third kappa shape index (κ3) is 5.48. The molecule has 7 heteroatoms. The number of hydrogen-bond acceptors (Lipinski definition) is 3. The zero-order chi connectivity index (χ0) is 16.2. The molecule has 0 saturated heterocycles. The van der Waals surface area contributed by atoms with Crippen LogP contribution in [0.4, 0.5) is 10.1 Å². The van der Waals surface area contributed by atoms with Gasteiger partial charge in [0.1, 0.15) is 5.82 Å². The molecule has 0 bridgehead atoms. The Morgan fingerprint density at radius 3 is 2.57 bits per heavy atom. The Labute approximate surface area is 141 Å². The van der Waals surface area contributed by atoms with E-state index in [0.717, 1.165) is 25.7 Å². The first kappa shape index (κ1) is 19.4. The van der Waals surface area contributed by atoms with Gasteiger partial charge in [0.05, 0.1) is 12.5 Å². The molecule has 23 heavy (non-hydrogen) atoms. The average Bonchev–Trinajstić information content (AvgIpc) is 2.47. The molecule has 1 aromatic carbocycles. The molecule has 4 N–H and O–H groups in total. The highest BCUT2D eigenvalue weighted by atomic mass is 35.5. The first-order valence-corrected chi connectivity index (χ1v) is 7.50. The van der Waals surface area contributed by atoms with Crippen LogP contribution in [0, 0.1) is 11.7 Å². The van der Waals surface area contributed by atoms with E-state index in [1.165, 1.54) is 24.3 Å². The third-order valence-corrected chi connectivity index (χ3v) is 4.12. The Balaban J connectivity index is 0.00000264. The monoisotopic (exact) mass is 343 g/mol. The van der Waals surface area contributed by atoms with Crippen molar-refractivity contribution in [1.29, 1.82) is 0 Å². The molecule has 1 saturated carbocycles. The maximum atomic E-state index is 12.8. The van der Waals surface area contributed by atoms with Crippen molar-refractivity contribution in [2.45, 2.75) is 38.1 Å². The summed E-state index contributed by atoms with van der Waals surface area (Å²) in [6.07, 6.45) is 3.57. The minimum absolute atomic E-state index is 0. The molecule has 0 radical (unpaired) electrons. The van der Waals surface area contributed by atoms with Gasteiger partial charge in [0.2, 0.25) is 11.8 Å². The maximum Gasteiger partial charge on any atom is 0.243 e. The van der Waals surface area contributed by atoms with Crippen LogP contribution < -0.4 is 16.4 Å². The van der Waals surface area contributed by atoms with E-state index in [0.29, 0.717) is 5.69 Å². The summed E-state index contributed by atoms with van der Waals surface area (Å²) in [6.45, 7) is 1.76. The summed E-state index contributed by atoms with van der Waals surface area (Å²) in [5, 5.41) is 5.23. The van der Waals surface area contributed by atoms with Crippen molar-refractivity contribution < 1.29 is 14.0 Å². The molecule has 2 amide bonds. The van der Waals surface area contributed by atoms with Gasteiger partial charge in [-0.3, -0.25) is 9.59 Å². The third-order valence-electron chi connectivity index (χ3n) is 4.12. The van der Waals surface area contributed by atoms with Gasteiger partial charge in [-0.15, -0.1) is 12.4 Å². The van der Waals surface area contributed by atoms with E-state index >= 15 is 0 Å². The van der Waals surface area contributed by atoms with Crippen LogP contribution in [0.3, 0.4) is 0 Å². The van der Waals surface area contributed by atoms with Crippen LogP contribution in [-0.4, -0.2) is 23.9 Å². The number of carbonyl (C=O) groups excluding carboxylic acids is 2. The van der Waals surface area contributed by atoms with Crippen LogP contribution in [0.25, 0.3) is 0 Å². The van der Waals surface area contributed by atoms with E-state index in [1.54, 1.807) is 0 Å². The molecule has 0 aromatic heterocycles. The molecular weight excluding hydrogens is 321 g/mol. The highest BCUT2D eigenvalue weighted by Gasteiger charge is 2.37. The summed E-state index contributed by atoms with van der Waals surface area (Å²) in [4.78, 5) is 24.0. The molecule has 0 heterocycles. The maximum absolute atomic E-state index is 12.8.